The summed E-state index contributed by atoms with van der Waals surface area (Å²) in [6, 6.07) is 27.1. The van der Waals surface area contributed by atoms with Crippen molar-refractivity contribution in [1.29, 1.82) is 0 Å². The lowest BCUT2D eigenvalue weighted by Gasteiger charge is -2.34. The molecular weight excluding hydrogens is 2060 g/mol. The third-order valence-corrected chi connectivity index (χ3v) is 30.1. The first kappa shape index (κ1) is 113. The Bertz CT molecular complexity index is 5590. The van der Waals surface area contributed by atoms with Crippen LogP contribution >= 0.6 is 31.0 Å². The molecule has 12 aliphatic heterocycles. The summed E-state index contributed by atoms with van der Waals surface area (Å²) in [6.07, 6.45) is -15.2. The number of nitrogens with one attached hydrogen (secondary N) is 4. The number of halogens is 4. The molecule has 0 aromatic heterocycles. The number of benzene rings is 4. The van der Waals surface area contributed by atoms with Crippen molar-refractivity contribution in [2.75, 3.05) is 39.6 Å². The molecule has 8 fully saturated rings. The average Bonchev–Trinajstić information content (AvgIpc) is 1.60. The predicted octanol–water partition coefficient (Wildman–Crippen LogP) is 7.18. The number of ketones is 4. The molecule has 1 unspecified atom stereocenters. The molecule has 48 nitrogen and oxygen atoms in total. The van der Waals surface area contributed by atoms with E-state index >= 15 is 17.6 Å². The third kappa shape index (κ3) is 27.6. The highest BCUT2D eigenvalue weighted by Crippen LogP contribution is 2.54. The Morgan fingerprint density at radius 1 is 0.304 bits per heavy atom. The molecule has 4 aromatic carbocycles. The maximum Gasteiger partial charge on any atom is 0.459 e. The van der Waals surface area contributed by atoms with Crippen molar-refractivity contribution >= 4 is 126 Å². The van der Waals surface area contributed by atoms with Crippen LogP contribution in [0.5, 0.6) is 23.0 Å². The second kappa shape index (κ2) is 47.2. The molecule has 12 aliphatic rings. The fourth-order valence-corrected chi connectivity index (χ4v) is 22.0. The largest absolute Gasteiger partial charge is 0.464 e. The van der Waals surface area contributed by atoms with Gasteiger partial charge in [-0.25, -0.2) is 45.4 Å². The Kier molecular flexibility index (Phi) is 35.9. The summed E-state index contributed by atoms with van der Waals surface area (Å²) in [4.78, 5) is 200. The van der Waals surface area contributed by atoms with Crippen LogP contribution in [-0.4, -0.2) is 287 Å². The van der Waals surface area contributed by atoms with Gasteiger partial charge in [0, 0.05) is 24.8 Å². The number of rotatable bonds is 12. The van der Waals surface area contributed by atoms with Gasteiger partial charge in [0.05, 0.1) is 65.0 Å². The van der Waals surface area contributed by atoms with Crippen molar-refractivity contribution in [3.63, 3.8) is 0 Å². The molecular formula is C92H104F4N8O40P4. The number of carbonyl (C=O) groups is 16. The number of carbonyl (C=O) groups excluding carboxylic acids is 16. The standard InChI is InChI=1S/4C23H26FN2O10P/c2*1-13-20(29)33-14(2)21(30)35-19-17(12-32-37(31,25-13)36-16-7-5-4-6-8-16)34-22(23(19,3)24)26-10-9-15(27)11-18(26)28;2*1-14-21(30)32-11-9-19(29)35-20-17(13-33-37(31,25-14)36-16-6-4-3-5-7-16)34-22(23(20,2)24)26-10-8-15(27)12-18(26)28/h2*4-10,13-14,17,19,22H,11-12H2,1-3H3,(H,25,31);2*3-8,10,14,17,20,22H,9,11-13H2,1-2H3,(H,25,31)/t13-,14-,17+,19+,22+,23+,37+;13-,14-,17+,19+,22+,23+,37-;14-,17+,20+,22+,23+,37?;14-,17+,20+,22+,23+,37-/m0000/s1. The molecule has 4 N–H and O–H groups in total. The van der Waals surface area contributed by atoms with E-state index in [1.165, 1.54) is 90.1 Å². The number of para-hydroxylation sites is 4. The highest BCUT2D eigenvalue weighted by atomic mass is 31.2. The minimum atomic E-state index is -4.31. The molecule has 0 aliphatic carbocycles. The van der Waals surface area contributed by atoms with Crippen molar-refractivity contribution in [2.24, 2.45) is 0 Å². The monoisotopic (exact) mass is 2160 g/mol. The maximum atomic E-state index is 16.2. The molecule has 0 spiro atoms. The molecule has 12 heterocycles. The summed E-state index contributed by atoms with van der Waals surface area (Å²) in [5.74, 6) is -11.6. The quantitative estimate of drug-likeness (QED) is 0.0358. The number of nitrogens with zero attached hydrogens (tertiary/aromatic N) is 4. The number of esters is 8. The summed E-state index contributed by atoms with van der Waals surface area (Å²) < 4.78 is 228. The van der Waals surface area contributed by atoms with E-state index in [4.69, 9.17) is 93.0 Å². The first-order valence-electron chi connectivity index (χ1n) is 45.8. The normalized spacial score (nSPS) is 36.3. The van der Waals surface area contributed by atoms with Crippen LogP contribution in [0.25, 0.3) is 0 Å². The lowest BCUT2D eigenvalue weighted by atomic mass is 9.97. The van der Waals surface area contributed by atoms with Gasteiger partial charge < -0.3 is 74.9 Å². The molecule has 4 amide bonds. The average molecular weight is 2160 g/mol. The van der Waals surface area contributed by atoms with E-state index < -0.39 is 323 Å². The van der Waals surface area contributed by atoms with Crippen molar-refractivity contribution in [3.8, 4) is 23.0 Å². The number of amides is 4. The van der Waals surface area contributed by atoms with Crippen molar-refractivity contribution < 1.29 is 206 Å². The van der Waals surface area contributed by atoms with E-state index in [1.54, 1.807) is 72.8 Å². The fourth-order valence-electron chi connectivity index (χ4n) is 16.0. The van der Waals surface area contributed by atoms with Crippen molar-refractivity contribution in [3.05, 3.63) is 170 Å². The molecule has 56 heteroatoms. The number of cyclic esters (lactones) is 4. The van der Waals surface area contributed by atoms with Gasteiger partial charge in [0.1, 0.15) is 84.8 Å². The van der Waals surface area contributed by atoms with Gasteiger partial charge in [-0.05, 0) is 142 Å². The van der Waals surface area contributed by atoms with Crippen LogP contribution in [0.4, 0.5) is 17.6 Å². The molecule has 4 aromatic rings. The SMILES string of the molecule is C[C@@H]1NP(=O)(Oc2ccccc2)OC[C@H]2O[C@@H](N3C=CC(=O)CC3=O)[C@](C)(F)[C@@H]2OC(=O)CCOC1=O.C[C@@H]1N[P@@](=O)(Oc2ccccc2)OC[C@H]2O[C@@H](N3C=CC(=O)CC3=O)[C@](C)(F)[C@@H]2OC(=O)CCOC1=O.C[C@@H]1N[P@@](=O)(Oc2ccccc2)OC[C@H]2O[C@@H](N3C=CC(=O)CC3=O)[C@](C)(F)[C@@H]2OC(=O)[C@H](C)OC1=O.C[C@@H]1N[P@](=O)(Oc2ccccc2)OC[C@H]2O[C@@H](N3C=CC(=O)CC3=O)[C@](C)(F)[C@@H]2OC(=O)[C@H](C)OC1=O. The van der Waals surface area contributed by atoms with Crippen LogP contribution in [0.1, 0.15) is 108 Å². The predicted molar refractivity (Wildman–Crippen MR) is 490 cm³/mol. The summed E-state index contributed by atoms with van der Waals surface area (Å²) >= 11 is 0. The number of fused-ring (bicyclic) bond motifs is 4. The second-order valence-electron chi connectivity index (χ2n) is 35.5. The maximum absolute atomic E-state index is 16.2. The molecule has 8 saturated heterocycles. The van der Waals surface area contributed by atoms with Gasteiger partial charge in [-0.15, -0.1) is 0 Å². The molecule has 26 atom stereocenters. The number of alkyl halides is 4. The zero-order valence-electron chi connectivity index (χ0n) is 80.5. The van der Waals surface area contributed by atoms with Crippen LogP contribution in [-0.2, 0) is 170 Å². The van der Waals surface area contributed by atoms with Crippen molar-refractivity contribution in [1.82, 2.24) is 39.9 Å². The second-order valence-corrected chi connectivity index (χ2v) is 42.2. The summed E-state index contributed by atoms with van der Waals surface area (Å²) in [7, 11) is -17.2. The van der Waals surface area contributed by atoms with Gasteiger partial charge >= 0.3 is 78.7 Å². The van der Waals surface area contributed by atoms with Crippen LogP contribution in [0.2, 0.25) is 0 Å². The van der Waals surface area contributed by atoms with Gasteiger partial charge in [0.2, 0.25) is 23.6 Å². The Morgan fingerprint density at radius 2 is 0.520 bits per heavy atom. The minimum absolute atomic E-state index is 0.150. The van der Waals surface area contributed by atoms with Gasteiger partial charge in [-0.2, -0.15) is 20.3 Å². The van der Waals surface area contributed by atoms with E-state index in [-0.39, 0.29) is 36.2 Å². The molecule has 16 rings (SSSR count). The molecule has 0 bridgehead atoms. The first-order valence-corrected chi connectivity index (χ1v) is 52.0. The Morgan fingerprint density at radius 3 is 0.743 bits per heavy atom. The van der Waals surface area contributed by atoms with Crippen LogP contribution in [0.15, 0.2) is 170 Å². The smallest absolute Gasteiger partial charge is 0.459 e. The number of allylic oxidation sites excluding steroid dienone is 4. The number of ether oxygens (including phenoxy) is 12. The van der Waals surface area contributed by atoms with E-state index in [2.05, 4.69) is 20.3 Å². The third-order valence-electron chi connectivity index (χ3n) is 23.6. The van der Waals surface area contributed by atoms with E-state index in [0.29, 0.717) is 0 Å². The van der Waals surface area contributed by atoms with E-state index in [1.807, 2.05) is 0 Å². The topological polar surface area (TPSA) is 587 Å². The van der Waals surface area contributed by atoms with Gasteiger partial charge in [0.25, 0.3) is 0 Å². The number of hydrogen-bond donors (Lipinski definition) is 4. The van der Waals surface area contributed by atoms with Gasteiger partial charge in [-0.3, -0.25) is 105 Å². The van der Waals surface area contributed by atoms with E-state index in [9.17, 15) is 95.0 Å². The highest BCUT2D eigenvalue weighted by molar-refractivity contribution is 7.53. The fraction of sp³-hybridized carbons (Fsp3) is 0.478. The molecule has 800 valence electrons. The van der Waals surface area contributed by atoms with Crippen molar-refractivity contribution in [2.45, 2.75) is 241 Å². The van der Waals surface area contributed by atoms with E-state index in [0.717, 1.165) is 96.4 Å². The zero-order valence-corrected chi connectivity index (χ0v) is 84.0. The van der Waals surface area contributed by atoms with Gasteiger partial charge in [-0.1, -0.05) is 72.8 Å². The van der Waals surface area contributed by atoms with Crippen LogP contribution in [0.3, 0.4) is 0 Å². The minimum Gasteiger partial charge on any atom is -0.464 e. The Hall–Kier alpha value is -12.5. The Labute approximate surface area is 840 Å². The summed E-state index contributed by atoms with van der Waals surface area (Å²) in [5, 5.41) is 9.86. The zero-order chi connectivity index (χ0) is 108. The lowest BCUT2D eigenvalue weighted by Crippen LogP contribution is -2.53. The summed E-state index contributed by atoms with van der Waals surface area (Å²) in [5.41, 5.74) is -9.95. The highest BCUT2D eigenvalue weighted by Gasteiger charge is 2.66. The Balaban J connectivity index is 0.000000165. The molecule has 0 saturated carbocycles. The first-order chi connectivity index (χ1) is 69.7. The van der Waals surface area contributed by atoms with Crippen LogP contribution < -0.4 is 38.4 Å². The summed E-state index contributed by atoms with van der Waals surface area (Å²) in [6.45, 7) is 8.88. The lowest BCUT2D eigenvalue weighted by molar-refractivity contribution is -0.177. The molecule has 0 radical (unpaired) electrons. The van der Waals surface area contributed by atoms with Gasteiger partial charge in [0.15, 0.2) is 107 Å². The molecule has 148 heavy (non-hydrogen) atoms. The van der Waals surface area contributed by atoms with Crippen LogP contribution in [0, 0.1) is 0 Å². The number of hydrogen-bond acceptors (Lipinski definition) is 40.